The summed E-state index contributed by atoms with van der Waals surface area (Å²) in [6, 6.07) is 2.10. The first-order chi connectivity index (χ1) is 11.1. The molecule has 1 amide bonds. The van der Waals surface area contributed by atoms with Gasteiger partial charge in [0.1, 0.15) is 5.60 Å². The summed E-state index contributed by atoms with van der Waals surface area (Å²) in [6.45, 7) is 3.17. The van der Waals surface area contributed by atoms with Gasteiger partial charge in [-0.1, -0.05) is 0 Å². The molecule has 2 aromatic rings. The van der Waals surface area contributed by atoms with Crippen molar-refractivity contribution in [3.05, 3.63) is 37.7 Å². The van der Waals surface area contributed by atoms with Crippen molar-refractivity contribution in [3.8, 4) is 0 Å². The first kappa shape index (κ1) is 15.4. The molecule has 4 rings (SSSR count). The third kappa shape index (κ3) is 2.75. The molecule has 1 saturated carbocycles. The highest BCUT2D eigenvalue weighted by atomic mass is 79.9. The molecule has 1 atom stereocenters. The van der Waals surface area contributed by atoms with Crippen LogP contribution in [0.5, 0.6) is 0 Å². The van der Waals surface area contributed by atoms with Gasteiger partial charge >= 0.3 is 0 Å². The van der Waals surface area contributed by atoms with Crippen molar-refractivity contribution < 1.29 is 9.53 Å². The summed E-state index contributed by atoms with van der Waals surface area (Å²) < 4.78 is 6.77. The van der Waals surface area contributed by atoms with E-state index in [0.717, 1.165) is 29.4 Å². The molecule has 1 aliphatic heterocycles. The van der Waals surface area contributed by atoms with Crippen molar-refractivity contribution in [2.45, 2.75) is 37.7 Å². The number of thiophene rings is 1. The van der Waals surface area contributed by atoms with Gasteiger partial charge in [0.25, 0.3) is 5.91 Å². The maximum Gasteiger partial charge on any atom is 0.273 e. The number of aromatic nitrogens is 2. The zero-order valence-corrected chi connectivity index (χ0v) is 15.2. The highest BCUT2D eigenvalue weighted by Gasteiger charge is 2.35. The fraction of sp³-hybridized carbons (Fsp3) is 0.500. The largest absolute Gasteiger partial charge is 0.368 e. The Morgan fingerprint density at radius 3 is 3.22 bits per heavy atom. The Kier molecular flexibility index (Phi) is 3.82. The van der Waals surface area contributed by atoms with E-state index in [1.54, 1.807) is 11.3 Å². The van der Waals surface area contributed by atoms with Gasteiger partial charge in [-0.25, -0.2) is 0 Å². The number of nitrogens with one attached hydrogen (secondary N) is 2. The minimum atomic E-state index is -0.467. The van der Waals surface area contributed by atoms with Crippen LogP contribution in [0.1, 0.15) is 52.3 Å². The standard InChI is InChI=1S/C16H18BrN3O2S/c1-16(10-5-7-23-11(10)4-6-22-16)8-18-15(21)14-12(17)13(19-20-14)9-2-3-9/h5,7,9H,2-4,6,8H2,1H3,(H,18,21)(H,19,20). The van der Waals surface area contributed by atoms with Crippen LogP contribution in [0.15, 0.2) is 15.9 Å². The van der Waals surface area contributed by atoms with E-state index in [-0.39, 0.29) is 5.91 Å². The van der Waals surface area contributed by atoms with Crippen molar-refractivity contribution in [2.75, 3.05) is 13.2 Å². The van der Waals surface area contributed by atoms with Crippen LogP contribution in [0, 0.1) is 0 Å². The van der Waals surface area contributed by atoms with Crippen molar-refractivity contribution >= 4 is 33.2 Å². The Balaban J connectivity index is 1.48. The number of nitrogens with zero attached hydrogens (tertiary/aromatic N) is 1. The van der Waals surface area contributed by atoms with Gasteiger partial charge in [-0.05, 0) is 52.7 Å². The number of H-pyrrole nitrogens is 1. The van der Waals surface area contributed by atoms with Gasteiger partial charge in [-0.3, -0.25) is 9.89 Å². The molecule has 122 valence electrons. The molecule has 5 nitrogen and oxygen atoms in total. The summed E-state index contributed by atoms with van der Waals surface area (Å²) in [4.78, 5) is 13.8. The SMILES string of the molecule is CC1(CNC(=O)c2n[nH]c(C3CC3)c2Br)OCCc2sccc21. The second-order valence-corrected chi connectivity index (χ2v) is 8.14. The fourth-order valence-corrected chi connectivity index (χ4v) is 4.73. The van der Waals surface area contributed by atoms with E-state index >= 15 is 0 Å². The zero-order chi connectivity index (χ0) is 16.0. The van der Waals surface area contributed by atoms with E-state index in [4.69, 9.17) is 4.74 Å². The number of amides is 1. The molecule has 2 aliphatic rings. The molecule has 1 fully saturated rings. The Bertz CT molecular complexity index is 752. The van der Waals surface area contributed by atoms with E-state index in [1.165, 1.54) is 10.4 Å². The molecule has 2 aromatic heterocycles. The highest BCUT2D eigenvalue weighted by molar-refractivity contribution is 9.10. The number of carbonyl (C=O) groups is 1. The van der Waals surface area contributed by atoms with Gasteiger partial charge in [0.2, 0.25) is 0 Å². The number of hydrogen-bond acceptors (Lipinski definition) is 4. The van der Waals surface area contributed by atoms with Crippen LogP contribution in [-0.2, 0) is 16.8 Å². The first-order valence-electron chi connectivity index (χ1n) is 7.81. The molecule has 0 saturated heterocycles. The summed E-state index contributed by atoms with van der Waals surface area (Å²) in [5, 5.41) is 12.2. The van der Waals surface area contributed by atoms with Crippen LogP contribution in [0.3, 0.4) is 0 Å². The van der Waals surface area contributed by atoms with Crippen LogP contribution < -0.4 is 5.32 Å². The van der Waals surface area contributed by atoms with Crippen LogP contribution >= 0.6 is 27.3 Å². The van der Waals surface area contributed by atoms with E-state index in [1.807, 2.05) is 6.92 Å². The van der Waals surface area contributed by atoms with Crippen molar-refractivity contribution in [1.82, 2.24) is 15.5 Å². The minimum absolute atomic E-state index is 0.174. The first-order valence-corrected chi connectivity index (χ1v) is 9.48. The zero-order valence-electron chi connectivity index (χ0n) is 12.8. The van der Waals surface area contributed by atoms with Gasteiger partial charge in [0.05, 0.1) is 23.3 Å². The molecule has 0 aromatic carbocycles. The average Bonchev–Trinajstić information content (AvgIpc) is 3.11. The number of aromatic amines is 1. The summed E-state index contributed by atoms with van der Waals surface area (Å²) in [5.41, 5.74) is 2.19. The Morgan fingerprint density at radius 1 is 1.61 bits per heavy atom. The number of carbonyl (C=O) groups excluding carboxylic acids is 1. The molecular formula is C16H18BrN3O2S. The quantitative estimate of drug-likeness (QED) is 0.833. The monoisotopic (exact) mass is 395 g/mol. The second kappa shape index (κ2) is 5.72. The van der Waals surface area contributed by atoms with E-state index in [0.29, 0.717) is 24.8 Å². The van der Waals surface area contributed by atoms with Crippen molar-refractivity contribution in [3.63, 3.8) is 0 Å². The predicted octanol–water partition coefficient (Wildman–Crippen LogP) is 3.33. The molecule has 1 unspecified atom stereocenters. The normalized spacial score (nSPS) is 23.6. The lowest BCUT2D eigenvalue weighted by Gasteiger charge is -2.34. The number of hydrogen-bond donors (Lipinski definition) is 2. The van der Waals surface area contributed by atoms with Gasteiger partial charge in [-0.2, -0.15) is 5.10 Å². The van der Waals surface area contributed by atoms with Crippen molar-refractivity contribution in [2.24, 2.45) is 0 Å². The third-order valence-corrected chi connectivity index (χ3v) is 6.37. The van der Waals surface area contributed by atoms with Gasteiger partial charge < -0.3 is 10.1 Å². The maximum absolute atomic E-state index is 12.5. The topological polar surface area (TPSA) is 67.0 Å². The molecule has 1 aliphatic carbocycles. The minimum Gasteiger partial charge on any atom is -0.368 e. The van der Waals surface area contributed by atoms with Crippen LogP contribution in [0.2, 0.25) is 0 Å². The smallest absolute Gasteiger partial charge is 0.273 e. The predicted molar refractivity (Wildman–Crippen MR) is 91.9 cm³/mol. The molecule has 3 heterocycles. The summed E-state index contributed by atoms with van der Waals surface area (Å²) >= 11 is 5.26. The van der Waals surface area contributed by atoms with E-state index < -0.39 is 5.60 Å². The molecule has 23 heavy (non-hydrogen) atoms. The fourth-order valence-electron chi connectivity index (χ4n) is 3.07. The number of fused-ring (bicyclic) bond motifs is 1. The van der Waals surface area contributed by atoms with Crippen LogP contribution in [0.4, 0.5) is 0 Å². The van der Waals surface area contributed by atoms with Gasteiger partial charge in [0.15, 0.2) is 5.69 Å². The number of halogens is 1. The maximum atomic E-state index is 12.5. The Hall–Kier alpha value is -1.18. The summed E-state index contributed by atoms with van der Waals surface area (Å²) in [5.74, 6) is 0.346. The lowest BCUT2D eigenvalue weighted by atomic mass is 9.93. The lowest BCUT2D eigenvalue weighted by molar-refractivity contribution is -0.0426. The van der Waals surface area contributed by atoms with Crippen LogP contribution in [-0.4, -0.2) is 29.3 Å². The third-order valence-electron chi connectivity index (χ3n) is 4.58. The molecule has 0 bridgehead atoms. The second-order valence-electron chi connectivity index (χ2n) is 6.34. The number of rotatable bonds is 4. The van der Waals surface area contributed by atoms with Gasteiger partial charge in [-0.15, -0.1) is 11.3 Å². The van der Waals surface area contributed by atoms with E-state index in [2.05, 4.69) is 42.9 Å². The molecule has 7 heteroatoms. The molecule has 2 N–H and O–H groups in total. The van der Waals surface area contributed by atoms with E-state index in [9.17, 15) is 4.79 Å². The lowest BCUT2D eigenvalue weighted by Crippen LogP contribution is -2.43. The van der Waals surface area contributed by atoms with Gasteiger partial charge in [0, 0.05) is 17.2 Å². The molecular weight excluding hydrogens is 378 g/mol. The molecule has 0 radical (unpaired) electrons. The highest BCUT2D eigenvalue weighted by Crippen LogP contribution is 2.43. The average molecular weight is 396 g/mol. The Labute approximate surface area is 146 Å². The number of ether oxygens (including phenoxy) is 1. The van der Waals surface area contributed by atoms with Crippen molar-refractivity contribution in [1.29, 1.82) is 0 Å². The van der Waals surface area contributed by atoms with Crippen LogP contribution in [0.25, 0.3) is 0 Å². The Morgan fingerprint density at radius 2 is 2.43 bits per heavy atom. The summed E-state index contributed by atoms with van der Waals surface area (Å²) in [7, 11) is 0. The molecule has 0 spiro atoms. The summed E-state index contributed by atoms with van der Waals surface area (Å²) in [6.07, 6.45) is 3.27.